The van der Waals surface area contributed by atoms with E-state index in [-0.39, 0.29) is 11.8 Å². The summed E-state index contributed by atoms with van der Waals surface area (Å²) in [7, 11) is 3.52. The van der Waals surface area contributed by atoms with Gasteiger partial charge in [-0.05, 0) is 57.9 Å². The summed E-state index contributed by atoms with van der Waals surface area (Å²) in [5, 5.41) is 3.99. The van der Waals surface area contributed by atoms with Gasteiger partial charge in [0.15, 0.2) is 0 Å². The van der Waals surface area contributed by atoms with Crippen LogP contribution in [0.3, 0.4) is 0 Å². The van der Waals surface area contributed by atoms with Crippen molar-refractivity contribution < 1.29 is 9.59 Å². The van der Waals surface area contributed by atoms with Crippen LogP contribution in [-0.2, 0) is 0 Å². The lowest BCUT2D eigenvalue weighted by Crippen LogP contribution is -2.29. The van der Waals surface area contributed by atoms with E-state index in [2.05, 4.69) is 34.2 Å². The SMILES string of the molecule is CN(C(=O)c1ccccn1)c1ccc2ccccc2c1-c1c(N(C)C(=O)c2ccccn2)ccc2ccccc12. The van der Waals surface area contributed by atoms with E-state index in [1.54, 1.807) is 72.7 Å². The molecule has 6 nitrogen and oxygen atoms in total. The number of anilines is 2. The first-order valence-corrected chi connectivity index (χ1v) is 13.0. The fourth-order valence-corrected chi connectivity index (χ4v) is 5.15. The number of carbonyl (C=O) groups is 2. The molecule has 0 radical (unpaired) electrons. The van der Waals surface area contributed by atoms with Crippen LogP contribution in [0.4, 0.5) is 11.4 Å². The molecule has 4 aromatic carbocycles. The molecule has 2 amide bonds. The standard InChI is InChI=1S/C34H26N4O2/c1-37(33(39)27-15-7-9-21-35-27)29-19-17-23-11-3-5-13-25(23)31(29)32-26-14-6-4-12-24(26)18-20-30(32)38(2)34(40)28-16-8-10-22-36-28/h3-22H,1-2H3. The molecule has 0 bridgehead atoms. The summed E-state index contributed by atoms with van der Waals surface area (Å²) in [6.45, 7) is 0. The van der Waals surface area contributed by atoms with Crippen molar-refractivity contribution in [1.29, 1.82) is 0 Å². The highest BCUT2D eigenvalue weighted by molar-refractivity contribution is 6.19. The highest BCUT2D eigenvalue weighted by Gasteiger charge is 2.26. The van der Waals surface area contributed by atoms with Crippen LogP contribution in [0, 0.1) is 0 Å². The van der Waals surface area contributed by atoms with Crippen molar-refractivity contribution in [2.75, 3.05) is 23.9 Å². The van der Waals surface area contributed by atoms with Crippen LogP contribution in [0.1, 0.15) is 21.0 Å². The van der Waals surface area contributed by atoms with Gasteiger partial charge < -0.3 is 9.80 Å². The Bertz CT molecular complexity index is 1730. The number of carbonyl (C=O) groups excluding carboxylic acids is 2. The highest BCUT2D eigenvalue weighted by Crippen LogP contribution is 2.45. The van der Waals surface area contributed by atoms with E-state index in [4.69, 9.17) is 0 Å². The fraction of sp³-hybridized carbons (Fsp3) is 0.0588. The molecule has 40 heavy (non-hydrogen) atoms. The average Bonchev–Trinajstić information content (AvgIpc) is 3.03. The number of rotatable bonds is 5. The van der Waals surface area contributed by atoms with Crippen LogP contribution >= 0.6 is 0 Å². The third-order valence-corrected chi connectivity index (χ3v) is 7.16. The summed E-state index contributed by atoms with van der Waals surface area (Å²) in [4.78, 5) is 39.1. The summed E-state index contributed by atoms with van der Waals surface area (Å²) in [6, 6.07) is 34.7. The van der Waals surface area contributed by atoms with Gasteiger partial charge in [-0.3, -0.25) is 19.6 Å². The first kappa shape index (κ1) is 24.9. The first-order chi connectivity index (χ1) is 19.5. The predicted octanol–water partition coefficient (Wildman–Crippen LogP) is 7.00. The molecule has 0 unspecified atom stereocenters. The predicted molar refractivity (Wildman–Crippen MR) is 161 cm³/mol. The number of benzene rings is 4. The van der Waals surface area contributed by atoms with Crippen molar-refractivity contribution in [1.82, 2.24) is 9.97 Å². The molecule has 194 valence electrons. The van der Waals surface area contributed by atoms with Crippen molar-refractivity contribution in [2.24, 2.45) is 0 Å². The maximum atomic E-state index is 13.6. The van der Waals surface area contributed by atoms with Gasteiger partial charge in [-0.25, -0.2) is 0 Å². The summed E-state index contributed by atoms with van der Waals surface area (Å²) in [5.41, 5.74) is 3.85. The molecule has 2 heterocycles. The second-order valence-electron chi connectivity index (χ2n) is 9.52. The minimum atomic E-state index is -0.225. The van der Waals surface area contributed by atoms with Crippen molar-refractivity contribution in [3.63, 3.8) is 0 Å². The van der Waals surface area contributed by atoms with E-state index in [0.29, 0.717) is 22.8 Å². The second kappa shape index (κ2) is 10.4. The van der Waals surface area contributed by atoms with E-state index in [1.807, 2.05) is 48.5 Å². The van der Waals surface area contributed by atoms with Crippen molar-refractivity contribution >= 4 is 44.7 Å². The molecule has 0 N–H and O–H groups in total. The molecule has 6 aromatic rings. The minimum Gasteiger partial charge on any atom is -0.309 e. The Morgan fingerprint density at radius 2 is 0.900 bits per heavy atom. The molecular formula is C34H26N4O2. The van der Waals surface area contributed by atoms with Crippen LogP contribution in [0.2, 0.25) is 0 Å². The Morgan fingerprint density at radius 3 is 1.30 bits per heavy atom. The molecule has 0 atom stereocenters. The van der Waals surface area contributed by atoms with E-state index in [9.17, 15) is 9.59 Å². The number of pyridine rings is 2. The third kappa shape index (κ3) is 4.35. The van der Waals surface area contributed by atoms with Gasteiger partial charge in [0.05, 0.1) is 11.4 Å². The summed E-state index contributed by atoms with van der Waals surface area (Å²) < 4.78 is 0. The average molecular weight is 523 g/mol. The van der Waals surface area contributed by atoms with E-state index >= 15 is 0 Å². The molecule has 0 saturated carbocycles. The number of aromatic nitrogens is 2. The zero-order valence-electron chi connectivity index (χ0n) is 22.2. The molecule has 6 rings (SSSR count). The van der Waals surface area contributed by atoms with Gasteiger partial charge >= 0.3 is 0 Å². The zero-order chi connectivity index (χ0) is 27.6. The topological polar surface area (TPSA) is 66.4 Å². The Balaban J connectivity index is 1.65. The van der Waals surface area contributed by atoms with Crippen LogP contribution < -0.4 is 9.80 Å². The van der Waals surface area contributed by atoms with Crippen LogP contribution in [0.5, 0.6) is 0 Å². The first-order valence-electron chi connectivity index (χ1n) is 13.0. The fourth-order valence-electron chi connectivity index (χ4n) is 5.15. The van der Waals surface area contributed by atoms with E-state index in [0.717, 1.165) is 32.7 Å². The van der Waals surface area contributed by atoms with Crippen LogP contribution in [-0.4, -0.2) is 35.9 Å². The van der Waals surface area contributed by atoms with Crippen molar-refractivity contribution in [3.05, 3.63) is 133 Å². The largest absolute Gasteiger partial charge is 0.309 e. The number of amides is 2. The Hall–Kier alpha value is -5.36. The number of fused-ring (bicyclic) bond motifs is 2. The highest BCUT2D eigenvalue weighted by atomic mass is 16.2. The summed E-state index contributed by atoms with van der Waals surface area (Å²) >= 11 is 0. The number of hydrogen-bond acceptors (Lipinski definition) is 4. The van der Waals surface area contributed by atoms with Gasteiger partial charge in [-0.2, -0.15) is 0 Å². The van der Waals surface area contributed by atoms with Gasteiger partial charge in [0.2, 0.25) is 0 Å². The van der Waals surface area contributed by atoms with E-state index < -0.39 is 0 Å². The lowest BCUT2D eigenvalue weighted by molar-refractivity contribution is 0.0980. The quantitative estimate of drug-likeness (QED) is 0.244. The Labute approximate surface area is 232 Å². The molecule has 0 aliphatic heterocycles. The monoisotopic (exact) mass is 522 g/mol. The van der Waals surface area contributed by atoms with Gasteiger partial charge in [0, 0.05) is 37.6 Å². The van der Waals surface area contributed by atoms with Gasteiger partial charge in [-0.15, -0.1) is 0 Å². The number of nitrogens with zero attached hydrogens (tertiary/aromatic N) is 4. The second-order valence-corrected chi connectivity index (χ2v) is 9.52. The zero-order valence-corrected chi connectivity index (χ0v) is 22.2. The Kier molecular flexibility index (Phi) is 6.50. The molecule has 0 aliphatic rings. The lowest BCUT2D eigenvalue weighted by Gasteiger charge is -2.27. The maximum absolute atomic E-state index is 13.6. The molecule has 0 fully saturated rings. The lowest BCUT2D eigenvalue weighted by atomic mass is 9.90. The third-order valence-electron chi connectivity index (χ3n) is 7.16. The van der Waals surface area contributed by atoms with Gasteiger partial charge in [0.25, 0.3) is 11.8 Å². The van der Waals surface area contributed by atoms with Crippen LogP contribution in [0.25, 0.3) is 32.7 Å². The van der Waals surface area contributed by atoms with Crippen LogP contribution in [0.15, 0.2) is 122 Å². The smallest absolute Gasteiger partial charge is 0.276 e. The van der Waals surface area contributed by atoms with E-state index in [1.165, 1.54) is 0 Å². The molecule has 0 saturated heterocycles. The molecule has 6 heteroatoms. The van der Waals surface area contributed by atoms with Crippen molar-refractivity contribution in [3.8, 4) is 11.1 Å². The maximum Gasteiger partial charge on any atom is 0.276 e. The van der Waals surface area contributed by atoms with Gasteiger partial charge in [0.1, 0.15) is 11.4 Å². The Morgan fingerprint density at radius 1 is 0.500 bits per heavy atom. The molecule has 0 spiro atoms. The van der Waals surface area contributed by atoms with Crippen molar-refractivity contribution in [2.45, 2.75) is 0 Å². The normalized spacial score (nSPS) is 10.9. The van der Waals surface area contributed by atoms with Gasteiger partial charge in [-0.1, -0.05) is 72.8 Å². The summed E-state index contributed by atoms with van der Waals surface area (Å²) in [6.07, 6.45) is 3.23. The molecule has 2 aromatic heterocycles. The molecule has 0 aliphatic carbocycles. The summed E-state index contributed by atoms with van der Waals surface area (Å²) in [5.74, 6) is -0.450. The number of hydrogen-bond donors (Lipinski definition) is 0. The minimum absolute atomic E-state index is 0.225. The molecular weight excluding hydrogens is 496 g/mol.